The Morgan fingerprint density at radius 1 is 1.44 bits per heavy atom. The molecule has 7 heteroatoms. The number of hydrogen-bond donors (Lipinski definition) is 1. The number of ether oxygens (including phenoxy) is 1. The van der Waals surface area contributed by atoms with Gasteiger partial charge in [-0.3, -0.25) is 4.79 Å². The lowest BCUT2D eigenvalue weighted by Gasteiger charge is -1.99. The molecule has 0 bridgehead atoms. The summed E-state index contributed by atoms with van der Waals surface area (Å²) in [7, 11) is 0. The Bertz CT molecular complexity index is 607. The SMILES string of the molecule is CC(=O)c1ncc(COCc2oc(=O)oc2C)[nH]1. The maximum atomic E-state index is 11.0. The van der Waals surface area contributed by atoms with Gasteiger partial charge in [0.2, 0.25) is 0 Å². The van der Waals surface area contributed by atoms with Gasteiger partial charge in [0.15, 0.2) is 17.4 Å². The van der Waals surface area contributed by atoms with Gasteiger partial charge >= 0.3 is 5.82 Å². The van der Waals surface area contributed by atoms with E-state index in [9.17, 15) is 9.59 Å². The van der Waals surface area contributed by atoms with Gasteiger partial charge in [-0.15, -0.1) is 0 Å². The molecule has 0 spiro atoms. The number of carbonyl (C=O) groups excluding carboxylic acids is 1. The van der Waals surface area contributed by atoms with Crippen LogP contribution in [0.15, 0.2) is 19.8 Å². The molecule has 0 aliphatic carbocycles. The fraction of sp³-hybridized carbons (Fsp3) is 0.364. The van der Waals surface area contributed by atoms with Crippen molar-refractivity contribution in [1.29, 1.82) is 0 Å². The van der Waals surface area contributed by atoms with Gasteiger partial charge in [0.05, 0.1) is 18.5 Å². The minimum Gasteiger partial charge on any atom is -0.396 e. The Balaban J connectivity index is 1.90. The van der Waals surface area contributed by atoms with E-state index in [1.807, 2.05) is 0 Å². The Kier molecular flexibility index (Phi) is 3.42. The quantitative estimate of drug-likeness (QED) is 0.802. The number of H-pyrrole nitrogens is 1. The van der Waals surface area contributed by atoms with Crippen molar-refractivity contribution in [2.75, 3.05) is 0 Å². The van der Waals surface area contributed by atoms with Gasteiger partial charge in [-0.05, 0) is 6.92 Å². The average Bonchev–Trinajstić information content (AvgIpc) is 2.87. The van der Waals surface area contributed by atoms with Crippen LogP contribution in [0.5, 0.6) is 0 Å². The first kappa shape index (κ1) is 12.3. The van der Waals surface area contributed by atoms with Gasteiger partial charge in [0.1, 0.15) is 12.4 Å². The molecule has 96 valence electrons. The molecule has 18 heavy (non-hydrogen) atoms. The number of aromatic amines is 1. The largest absolute Gasteiger partial charge is 0.519 e. The van der Waals surface area contributed by atoms with Crippen LogP contribution in [-0.2, 0) is 18.0 Å². The van der Waals surface area contributed by atoms with Crippen LogP contribution in [0.3, 0.4) is 0 Å². The summed E-state index contributed by atoms with van der Waals surface area (Å²) in [6, 6.07) is 0. The van der Waals surface area contributed by atoms with Crippen LogP contribution in [0.1, 0.15) is 34.8 Å². The first-order valence-corrected chi connectivity index (χ1v) is 5.28. The van der Waals surface area contributed by atoms with Gasteiger partial charge in [-0.2, -0.15) is 0 Å². The molecule has 0 aliphatic heterocycles. The molecule has 0 amide bonds. The van der Waals surface area contributed by atoms with Crippen molar-refractivity contribution >= 4 is 5.78 Å². The highest BCUT2D eigenvalue weighted by molar-refractivity contribution is 5.90. The molecule has 0 saturated heterocycles. The highest BCUT2D eigenvalue weighted by Crippen LogP contribution is 2.08. The van der Waals surface area contributed by atoms with Crippen molar-refractivity contribution < 1.29 is 18.4 Å². The zero-order valence-electron chi connectivity index (χ0n) is 9.98. The van der Waals surface area contributed by atoms with Crippen LogP contribution in [0.2, 0.25) is 0 Å². The summed E-state index contributed by atoms with van der Waals surface area (Å²) < 4.78 is 14.8. The summed E-state index contributed by atoms with van der Waals surface area (Å²) in [6.45, 7) is 3.39. The van der Waals surface area contributed by atoms with E-state index < -0.39 is 5.82 Å². The summed E-state index contributed by atoms with van der Waals surface area (Å²) in [5, 5.41) is 0. The lowest BCUT2D eigenvalue weighted by Crippen LogP contribution is -1.97. The molecular weight excluding hydrogens is 240 g/mol. The van der Waals surface area contributed by atoms with Gasteiger partial charge < -0.3 is 18.6 Å². The molecule has 2 aromatic heterocycles. The Morgan fingerprint density at radius 3 is 2.78 bits per heavy atom. The van der Waals surface area contributed by atoms with Crippen LogP contribution in [0, 0.1) is 6.92 Å². The third kappa shape index (κ3) is 2.75. The minimum absolute atomic E-state index is 0.117. The van der Waals surface area contributed by atoms with E-state index in [1.165, 1.54) is 13.1 Å². The minimum atomic E-state index is -0.744. The standard InChI is InChI=1S/C11H12N2O5/c1-6(14)10-12-3-8(13-10)4-16-5-9-7(2)17-11(15)18-9/h3H,4-5H2,1-2H3,(H,12,13). The number of nitrogens with zero attached hydrogens (tertiary/aromatic N) is 1. The van der Waals surface area contributed by atoms with E-state index >= 15 is 0 Å². The number of ketones is 1. The second-order valence-corrected chi connectivity index (χ2v) is 3.74. The summed E-state index contributed by atoms with van der Waals surface area (Å²) in [5.41, 5.74) is 0.670. The predicted molar refractivity (Wildman–Crippen MR) is 59.1 cm³/mol. The molecule has 0 fully saturated rings. The number of hydrogen-bond acceptors (Lipinski definition) is 6. The molecule has 0 aliphatic rings. The Morgan fingerprint density at radius 2 is 2.22 bits per heavy atom. The lowest BCUT2D eigenvalue weighted by atomic mass is 10.4. The van der Waals surface area contributed by atoms with E-state index in [2.05, 4.69) is 14.4 Å². The monoisotopic (exact) mass is 252 g/mol. The van der Waals surface area contributed by atoms with Gasteiger partial charge in [0.25, 0.3) is 0 Å². The van der Waals surface area contributed by atoms with Crippen LogP contribution in [0.25, 0.3) is 0 Å². The van der Waals surface area contributed by atoms with Crippen molar-refractivity contribution in [3.63, 3.8) is 0 Å². The molecule has 0 atom stereocenters. The molecule has 2 heterocycles. The number of carbonyl (C=O) groups is 1. The van der Waals surface area contributed by atoms with Crippen LogP contribution >= 0.6 is 0 Å². The number of Topliss-reactive ketones (excluding diaryl/α,β-unsaturated/α-hetero) is 1. The molecule has 1 N–H and O–H groups in total. The smallest absolute Gasteiger partial charge is 0.396 e. The van der Waals surface area contributed by atoms with Crippen LogP contribution in [-0.4, -0.2) is 15.8 Å². The van der Waals surface area contributed by atoms with E-state index in [1.54, 1.807) is 6.92 Å². The summed E-state index contributed by atoms with van der Waals surface area (Å²) in [5.74, 6) is 0.157. The second kappa shape index (κ2) is 5.01. The van der Waals surface area contributed by atoms with Gasteiger partial charge in [-0.25, -0.2) is 9.78 Å². The first-order chi connectivity index (χ1) is 8.56. The third-order valence-corrected chi connectivity index (χ3v) is 2.29. The van der Waals surface area contributed by atoms with Crippen molar-refractivity contribution in [2.45, 2.75) is 27.1 Å². The highest BCUT2D eigenvalue weighted by Gasteiger charge is 2.09. The Labute approximate surface area is 102 Å². The molecule has 0 saturated carbocycles. The molecule has 0 radical (unpaired) electrons. The molecule has 2 aromatic rings. The van der Waals surface area contributed by atoms with Crippen molar-refractivity contribution in [1.82, 2.24) is 9.97 Å². The maximum absolute atomic E-state index is 11.0. The average molecular weight is 252 g/mol. The van der Waals surface area contributed by atoms with E-state index in [0.717, 1.165) is 0 Å². The normalized spacial score (nSPS) is 10.8. The molecule has 7 nitrogen and oxygen atoms in total. The van der Waals surface area contributed by atoms with Gasteiger partial charge in [0, 0.05) is 6.92 Å². The maximum Gasteiger partial charge on any atom is 0.519 e. The Hall–Kier alpha value is -2.15. The first-order valence-electron chi connectivity index (χ1n) is 5.28. The number of imidazole rings is 1. The zero-order chi connectivity index (χ0) is 13.1. The molecule has 0 unspecified atom stereocenters. The van der Waals surface area contributed by atoms with E-state index in [-0.39, 0.29) is 19.0 Å². The fourth-order valence-electron chi connectivity index (χ4n) is 1.37. The van der Waals surface area contributed by atoms with E-state index in [0.29, 0.717) is 23.0 Å². The van der Waals surface area contributed by atoms with Crippen molar-refractivity contribution in [3.05, 3.63) is 39.9 Å². The van der Waals surface area contributed by atoms with E-state index in [4.69, 9.17) is 9.15 Å². The summed E-state index contributed by atoms with van der Waals surface area (Å²) >= 11 is 0. The number of rotatable bonds is 5. The zero-order valence-corrected chi connectivity index (χ0v) is 9.98. The highest BCUT2D eigenvalue weighted by atomic mass is 16.6. The predicted octanol–water partition coefficient (Wildman–Crippen LogP) is 1.18. The molecule has 2 rings (SSSR count). The second-order valence-electron chi connectivity index (χ2n) is 3.74. The van der Waals surface area contributed by atoms with Crippen molar-refractivity contribution in [2.24, 2.45) is 0 Å². The lowest BCUT2D eigenvalue weighted by molar-refractivity contribution is 0.0892. The van der Waals surface area contributed by atoms with Gasteiger partial charge in [-0.1, -0.05) is 0 Å². The molecular formula is C11H12N2O5. The third-order valence-electron chi connectivity index (χ3n) is 2.29. The number of aromatic nitrogens is 2. The summed E-state index contributed by atoms with van der Waals surface area (Å²) in [6.07, 6.45) is 1.52. The van der Waals surface area contributed by atoms with Crippen LogP contribution in [0.4, 0.5) is 0 Å². The van der Waals surface area contributed by atoms with Crippen LogP contribution < -0.4 is 5.82 Å². The number of nitrogens with one attached hydrogen (secondary N) is 1. The number of aryl methyl sites for hydroxylation is 1. The topological polar surface area (TPSA) is 98.3 Å². The molecule has 0 aromatic carbocycles. The summed E-state index contributed by atoms with van der Waals surface area (Å²) in [4.78, 5) is 28.5. The fourth-order valence-corrected chi connectivity index (χ4v) is 1.37. The van der Waals surface area contributed by atoms with Crippen molar-refractivity contribution in [3.8, 4) is 0 Å².